The molecule has 2 aromatic rings. The van der Waals surface area contributed by atoms with Crippen LogP contribution in [0.5, 0.6) is 0 Å². The first kappa shape index (κ1) is 12.0. The van der Waals surface area contributed by atoms with Crippen LogP contribution in [0.2, 0.25) is 0 Å². The number of amides is 1. The maximum atomic E-state index is 11.3. The molecular weight excluding hydrogens is 234 g/mol. The summed E-state index contributed by atoms with van der Waals surface area (Å²) in [6.45, 7) is 2.08. The van der Waals surface area contributed by atoms with Crippen molar-refractivity contribution in [3.05, 3.63) is 24.3 Å². The molecule has 0 unspecified atom stereocenters. The van der Waals surface area contributed by atoms with E-state index in [2.05, 4.69) is 20.8 Å². The van der Waals surface area contributed by atoms with Crippen molar-refractivity contribution in [3.63, 3.8) is 0 Å². The average Bonchev–Trinajstić information content (AvgIpc) is 2.76. The van der Waals surface area contributed by atoms with Gasteiger partial charge in [0, 0.05) is 18.3 Å². The number of ether oxygens (including phenoxy) is 1. The lowest BCUT2D eigenvalue weighted by molar-refractivity contribution is 0.168. The van der Waals surface area contributed by atoms with E-state index in [1.807, 2.05) is 12.1 Å². The van der Waals surface area contributed by atoms with E-state index in [0.717, 1.165) is 5.56 Å². The Morgan fingerprint density at radius 1 is 1.50 bits per heavy atom. The number of hydrogen-bond acceptors (Lipinski definition) is 5. The van der Waals surface area contributed by atoms with Crippen molar-refractivity contribution in [1.82, 2.24) is 20.2 Å². The highest BCUT2D eigenvalue weighted by Gasteiger charge is 2.07. The van der Waals surface area contributed by atoms with Crippen LogP contribution in [0.15, 0.2) is 24.3 Å². The van der Waals surface area contributed by atoms with Crippen LogP contribution < -0.4 is 5.32 Å². The molecule has 0 saturated carbocycles. The number of carbonyl (C=O) groups excluding carboxylic acids is 1. The molecule has 0 aliphatic heterocycles. The molecule has 0 aliphatic rings. The number of tetrazole rings is 1. The Morgan fingerprint density at radius 2 is 2.33 bits per heavy atom. The fourth-order valence-corrected chi connectivity index (χ4v) is 1.50. The summed E-state index contributed by atoms with van der Waals surface area (Å²) in [6.07, 6.45) is -0.481. The minimum absolute atomic E-state index is 0.332. The molecule has 2 rings (SSSR count). The van der Waals surface area contributed by atoms with E-state index in [1.54, 1.807) is 30.8 Å². The van der Waals surface area contributed by atoms with Crippen molar-refractivity contribution in [3.8, 4) is 11.4 Å². The number of nitrogens with zero attached hydrogens (tertiary/aromatic N) is 4. The zero-order valence-corrected chi connectivity index (χ0v) is 10.1. The molecule has 0 spiro atoms. The second-order valence-corrected chi connectivity index (χ2v) is 3.55. The molecule has 0 aliphatic carbocycles. The largest absolute Gasteiger partial charge is 0.450 e. The summed E-state index contributed by atoms with van der Waals surface area (Å²) in [5.74, 6) is 0.627. The molecule has 1 N–H and O–H groups in total. The molecule has 0 radical (unpaired) electrons. The van der Waals surface area contributed by atoms with E-state index in [4.69, 9.17) is 4.74 Å². The van der Waals surface area contributed by atoms with Crippen molar-refractivity contribution >= 4 is 11.8 Å². The van der Waals surface area contributed by atoms with Gasteiger partial charge in [-0.05, 0) is 29.5 Å². The van der Waals surface area contributed by atoms with Crippen molar-refractivity contribution in [2.45, 2.75) is 6.92 Å². The van der Waals surface area contributed by atoms with E-state index in [9.17, 15) is 4.79 Å². The first-order valence-corrected chi connectivity index (χ1v) is 5.47. The lowest BCUT2D eigenvalue weighted by Crippen LogP contribution is -2.13. The number of hydrogen-bond donors (Lipinski definition) is 1. The van der Waals surface area contributed by atoms with Gasteiger partial charge in [-0.25, -0.2) is 9.48 Å². The Balaban J connectivity index is 2.20. The molecule has 0 fully saturated rings. The van der Waals surface area contributed by atoms with Gasteiger partial charge in [0.05, 0.1) is 6.61 Å². The highest BCUT2D eigenvalue weighted by molar-refractivity contribution is 5.85. The van der Waals surface area contributed by atoms with E-state index in [-0.39, 0.29) is 0 Å². The maximum absolute atomic E-state index is 11.3. The van der Waals surface area contributed by atoms with E-state index >= 15 is 0 Å². The van der Waals surface area contributed by atoms with Gasteiger partial charge in [0.25, 0.3) is 0 Å². The summed E-state index contributed by atoms with van der Waals surface area (Å²) < 4.78 is 6.36. The maximum Gasteiger partial charge on any atom is 0.411 e. The monoisotopic (exact) mass is 247 g/mol. The van der Waals surface area contributed by atoms with Gasteiger partial charge < -0.3 is 4.74 Å². The van der Waals surface area contributed by atoms with Crippen LogP contribution >= 0.6 is 0 Å². The van der Waals surface area contributed by atoms with Crippen LogP contribution in [0, 0.1) is 0 Å². The van der Waals surface area contributed by atoms with Gasteiger partial charge in [-0.2, -0.15) is 0 Å². The lowest BCUT2D eigenvalue weighted by Gasteiger charge is -2.06. The molecule has 1 aromatic carbocycles. The van der Waals surface area contributed by atoms with Gasteiger partial charge in [0.15, 0.2) is 5.82 Å². The minimum Gasteiger partial charge on any atom is -0.450 e. The molecule has 0 saturated heterocycles. The van der Waals surface area contributed by atoms with Crippen molar-refractivity contribution in [1.29, 1.82) is 0 Å². The third-order valence-electron chi connectivity index (χ3n) is 2.26. The standard InChI is InChI=1S/C11H13N5O2/c1-3-18-11(17)12-9-6-4-5-8(7-9)10-13-14-15-16(10)2/h4-7H,3H2,1-2H3,(H,12,17). The molecule has 7 nitrogen and oxygen atoms in total. The van der Waals surface area contributed by atoms with Gasteiger partial charge in [-0.1, -0.05) is 12.1 Å². The molecule has 94 valence electrons. The molecular formula is C11H13N5O2. The van der Waals surface area contributed by atoms with Gasteiger partial charge in [0.1, 0.15) is 0 Å². The highest BCUT2D eigenvalue weighted by atomic mass is 16.5. The second kappa shape index (κ2) is 5.26. The van der Waals surface area contributed by atoms with Crippen LogP contribution in [-0.4, -0.2) is 32.9 Å². The molecule has 1 heterocycles. The number of aromatic nitrogens is 4. The molecule has 1 amide bonds. The van der Waals surface area contributed by atoms with Crippen molar-refractivity contribution < 1.29 is 9.53 Å². The quantitative estimate of drug-likeness (QED) is 0.887. The first-order valence-electron chi connectivity index (χ1n) is 5.47. The first-order chi connectivity index (χ1) is 8.70. The molecule has 7 heteroatoms. The number of carbonyl (C=O) groups is 1. The van der Waals surface area contributed by atoms with Crippen molar-refractivity contribution in [2.24, 2.45) is 7.05 Å². The number of anilines is 1. The Labute approximate surface area is 104 Å². The normalized spacial score (nSPS) is 10.1. The Morgan fingerprint density at radius 3 is 3.00 bits per heavy atom. The Hall–Kier alpha value is -2.44. The summed E-state index contributed by atoms with van der Waals surface area (Å²) in [7, 11) is 1.75. The fourth-order valence-electron chi connectivity index (χ4n) is 1.50. The summed E-state index contributed by atoms with van der Waals surface area (Å²) in [4.78, 5) is 11.3. The van der Waals surface area contributed by atoms with Gasteiger partial charge in [0.2, 0.25) is 0 Å². The molecule has 18 heavy (non-hydrogen) atoms. The number of rotatable bonds is 3. The predicted molar refractivity (Wildman–Crippen MR) is 64.9 cm³/mol. The van der Waals surface area contributed by atoms with Gasteiger partial charge in [-0.15, -0.1) is 5.10 Å². The molecule has 1 aromatic heterocycles. The smallest absolute Gasteiger partial charge is 0.411 e. The lowest BCUT2D eigenvalue weighted by atomic mass is 10.2. The van der Waals surface area contributed by atoms with E-state index in [1.165, 1.54) is 0 Å². The highest BCUT2D eigenvalue weighted by Crippen LogP contribution is 2.19. The SMILES string of the molecule is CCOC(=O)Nc1cccc(-c2nnnn2C)c1. The van der Waals surface area contributed by atoms with Gasteiger partial charge in [-0.3, -0.25) is 5.32 Å². The summed E-state index contributed by atoms with van der Waals surface area (Å²) >= 11 is 0. The van der Waals surface area contributed by atoms with E-state index < -0.39 is 6.09 Å². The van der Waals surface area contributed by atoms with Crippen LogP contribution in [-0.2, 0) is 11.8 Å². The summed E-state index contributed by atoms with van der Waals surface area (Å²) in [6, 6.07) is 7.22. The third kappa shape index (κ3) is 2.62. The fraction of sp³-hybridized carbons (Fsp3) is 0.273. The van der Waals surface area contributed by atoms with Gasteiger partial charge >= 0.3 is 6.09 Å². The summed E-state index contributed by atoms with van der Waals surface area (Å²) in [5, 5.41) is 13.9. The van der Waals surface area contributed by atoms with Crippen LogP contribution in [0.4, 0.5) is 10.5 Å². The number of nitrogens with one attached hydrogen (secondary N) is 1. The zero-order valence-electron chi connectivity index (χ0n) is 10.1. The molecule has 0 atom stereocenters. The topological polar surface area (TPSA) is 81.9 Å². The third-order valence-corrected chi connectivity index (χ3v) is 2.26. The molecule has 0 bridgehead atoms. The number of benzene rings is 1. The Kier molecular flexibility index (Phi) is 3.52. The predicted octanol–water partition coefficient (Wildman–Crippen LogP) is 1.45. The van der Waals surface area contributed by atoms with Crippen LogP contribution in [0.3, 0.4) is 0 Å². The van der Waals surface area contributed by atoms with Crippen molar-refractivity contribution in [2.75, 3.05) is 11.9 Å². The Bertz CT molecular complexity index is 552. The zero-order chi connectivity index (χ0) is 13.0. The van der Waals surface area contributed by atoms with Crippen LogP contribution in [0.1, 0.15) is 6.92 Å². The van der Waals surface area contributed by atoms with E-state index in [0.29, 0.717) is 18.1 Å². The van der Waals surface area contributed by atoms with Crippen LogP contribution in [0.25, 0.3) is 11.4 Å². The second-order valence-electron chi connectivity index (χ2n) is 3.55. The minimum atomic E-state index is -0.481. The summed E-state index contributed by atoms with van der Waals surface area (Å²) in [5.41, 5.74) is 1.45. The average molecular weight is 247 g/mol. The number of aryl methyl sites for hydroxylation is 1.